The molecule has 0 fully saturated rings. The molecule has 0 unspecified atom stereocenters. The lowest BCUT2D eigenvalue weighted by Gasteiger charge is -2.16. The van der Waals surface area contributed by atoms with Crippen LogP contribution in [0.2, 0.25) is 0 Å². The van der Waals surface area contributed by atoms with Gasteiger partial charge < -0.3 is 15.4 Å². The number of para-hydroxylation sites is 1. The van der Waals surface area contributed by atoms with E-state index in [4.69, 9.17) is 4.74 Å². The summed E-state index contributed by atoms with van der Waals surface area (Å²) in [6, 6.07) is 6.57. The summed E-state index contributed by atoms with van der Waals surface area (Å²) in [7, 11) is 0. The van der Waals surface area contributed by atoms with Crippen molar-refractivity contribution in [2.45, 2.75) is 53.2 Å². The van der Waals surface area contributed by atoms with Gasteiger partial charge in [-0.05, 0) is 26.3 Å². The number of ether oxygens (including phenoxy) is 1. The van der Waals surface area contributed by atoms with E-state index in [1.807, 2.05) is 39.0 Å². The Balaban J connectivity index is 2.70. The Labute approximate surface area is 121 Å². The van der Waals surface area contributed by atoms with Crippen LogP contribution in [0.5, 0.6) is 5.75 Å². The van der Waals surface area contributed by atoms with Crippen molar-refractivity contribution in [2.75, 3.05) is 6.61 Å². The van der Waals surface area contributed by atoms with E-state index < -0.39 is 0 Å². The van der Waals surface area contributed by atoms with Crippen LogP contribution in [0.3, 0.4) is 0 Å². The molecular weight excluding hydrogens is 252 g/mol. The summed E-state index contributed by atoms with van der Waals surface area (Å²) in [6.07, 6.45) is 0. The zero-order valence-electron chi connectivity index (χ0n) is 13.1. The zero-order chi connectivity index (χ0) is 15.1. The van der Waals surface area contributed by atoms with Gasteiger partial charge in [-0.25, -0.2) is 0 Å². The molecule has 0 aliphatic heterocycles. The number of nitrogens with one attached hydrogen (secondary N) is 2. The first-order chi connectivity index (χ1) is 9.40. The van der Waals surface area contributed by atoms with E-state index in [0.29, 0.717) is 6.04 Å². The van der Waals surface area contributed by atoms with Gasteiger partial charge in [-0.2, -0.15) is 0 Å². The number of aryl methyl sites for hydroxylation is 1. The minimum atomic E-state index is -0.0916. The van der Waals surface area contributed by atoms with Gasteiger partial charge in [0, 0.05) is 24.2 Å². The predicted octanol–water partition coefficient (Wildman–Crippen LogP) is 2.40. The molecule has 0 saturated carbocycles. The van der Waals surface area contributed by atoms with Crippen LogP contribution in [-0.2, 0) is 11.3 Å². The summed E-state index contributed by atoms with van der Waals surface area (Å²) in [4.78, 5) is 11.7. The molecule has 2 N–H and O–H groups in total. The van der Waals surface area contributed by atoms with Gasteiger partial charge >= 0.3 is 0 Å². The first-order valence-corrected chi connectivity index (χ1v) is 7.14. The lowest BCUT2D eigenvalue weighted by atomic mass is 10.1. The average molecular weight is 278 g/mol. The summed E-state index contributed by atoms with van der Waals surface area (Å²) >= 11 is 0. The maximum Gasteiger partial charge on any atom is 0.258 e. The van der Waals surface area contributed by atoms with E-state index in [-0.39, 0.29) is 18.6 Å². The molecule has 0 aliphatic carbocycles. The van der Waals surface area contributed by atoms with Crippen LogP contribution < -0.4 is 15.4 Å². The Hall–Kier alpha value is -1.55. The molecular formula is C16H26N2O2. The van der Waals surface area contributed by atoms with Crippen molar-refractivity contribution in [2.24, 2.45) is 0 Å². The van der Waals surface area contributed by atoms with E-state index in [9.17, 15) is 4.79 Å². The Morgan fingerprint density at radius 3 is 2.50 bits per heavy atom. The van der Waals surface area contributed by atoms with Crippen molar-refractivity contribution in [1.29, 1.82) is 0 Å². The number of amides is 1. The molecule has 4 nitrogen and oxygen atoms in total. The van der Waals surface area contributed by atoms with E-state index in [0.717, 1.165) is 23.4 Å². The van der Waals surface area contributed by atoms with E-state index in [1.54, 1.807) is 0 Å². The Kier molecular flexibility index (Phi) is 6.52. The number of benzene rings is 1. The summed E-state index contributed by atoms with van der Waals surface area (Å²) in [5.74, 6) is 0.713. The molecule has 4 heteroatoms. The summed E-state index contributed by atoms with van der Waals surface area (Å²) in [5, 5.41) is 6.19. The molecule has 1 rings (SSSR count). The summed E-state index contributed by atoms with van der Waals surface area (Å²) in [6.45, 7) is 10.9. The van der Waals surface area contributed by atoms with Crippen molar-refractivity contribution in [1.82, 2.24) is 10.6 Å². The van der Waals surface area contributed by atoms with Crippen molar-refractivity contribution < 1.29 is 9.53 Å². The minimum Gasteiger partial charge on any atom is -0.483 e. The molecule has 0 spiro atoms. The molecule has 0 heterocycles. The standard InChI is InChI=1S/C16H26N2O2/c1-11(2)17-9-14-8-6-7-13(5)16(14)20-10-15(19)18-12(3)4/h6-8,11-12,17H,9-10H2,1-5H3,(H,18,19). The van der Waals surface area contributed by atoms with Gasteiger partial charge in [-0.1, -0.05) is 32.0 Å². The molecule has 0 saturated heterocycles. The van der Waals surface area contributed by atoms with Gasteiger partial charge in [0.15, 0.2) is 6.61 Å². The van der Waals surface area contributed by atoms with Gasteiger partial charge in [0.2, 0.25) is 0 Å². The number of hydrogen-bond acceptors (Lipinski definition) is 3. The minimum absolute atomic E-state index is 0.0533. The van der Waals surface area contributed by atoms with Crippen LogP contribution in [-0.4, -0.2) is 24.6 Å². The third kappa shape index (κ3) is 5.61. The third-order valence-corrected chi connectivity index (χ3v) is 2.79. The maximum atomic E-state index is 11.7. The fourth-order valence-corrected chi connectivity index (χ4v) is 1.87. The van der Waals surface area contributed by atoms with Gasteiger partial charge in [-0.3, -0.25) is 4.79 Å². The molecule has 0 bridgehead atoms. The second-order valence-electron chi connectivity index (χ2n) is 5.61. The SMILES string of the molecule is Cc1cccc(CNC(C)C)c1OCC(=O)NC(C)C. The van der Waals surface area contributed by atoms with Gasteiger partial charge in [0.05, 0.1) is 0 Å². The normalized spacial score (nSPS) is 10.9. The van der Waals surface area contributed by atoms with Crippen molar-refractivity contribution in [3.8, 4) is 5.75 Å². The molecule has 0 atom stereocenters. The summed E-state index contributed by atoms with van der Waals surface area (Å²) in [5.41, 5.74) is 2.13. The van der Waals surface area contributed by atoms with Gasteiger partial charge in [-0.15, -0.1) is 0 Å². The van der Waals surface area contributed by atoms with Crippen LogP contribution in [0.4, 0.5) is 0 Å². The van der Waals surface area contributed by atoms with Crippen molar-refractivity contribution >= 4 is 5.91 Å². The van der Waals surface area contributed by atoms with Crippen molar-refractivity contribution in [3.63, 3.8) is 0 Å². The number of hydrogen-bond donors (Lipinski definition) is 2. The lowest BCUT2D eigenvalue weighted by Crippen LogP contribution is -2.34. The van der Waals surface area contributed by atoms with E-state index >= 15 is 0 Å². The zero-order valence-corrected chi connectivity index (χ0v) is 13.1. The topological polar surface area (TPSA) is 50.4 Å². The fourth-order valence-electron chi connectivity index (χ4n) is 1.87. The van der Waals surface area contributed by atoms with Crippen LogP contribution in [0.1, 0.15) is 38.8 Å². The second kappa shape index (κ2) is 7.90. The van der Waals surface area contributed by atoms with Gasteiger partial charge in [0.1, 0.15) is 5.75 Å². The first kappa shape index (κ1) is 16.5. The van der Waals surface area contributed by atoms with Crippen LogP contribution in [0, 0.1) is 6.92 Å². The third-order valence-electron chi connectivity index (χ3n) is 2.79. The molecule has 0 aliphatic rings. The summed E-state index contributed by atoms with van der Waals surface area (Å²) < 4.78 is 5.71. The van der Waals surface area contributed by atoms with Crippen molar-refractivity contribution in [3.05, 3.63) is 29.3 Å². The molecule has 112 valence electrons. The highest BCUT2D eigenvalue weighted by molar-refractivity contribution is 5.77. The van der Waals surface area contributed by atoms with Crippen LogP contribution in [0.25, 0.3) is 0 Å². The van der Waals surface area contributed by atoms with Crippen LogP contribution >= 0.6 is 0 Å². The van der Waals surface area contributed by atoms with Crippen LogP contribution in [0.15, 0.2) is 18.2 Å². The van der Waals surface area contributed by atoms with Gasteiger partial charge in [0.25, 0.3) is 5.91 Å². The lowest BCUT2D eigenvalue weighted by molar-refractivity contribution is -0.123. The maximum absolute atomic E-state index is 11.7. The number of carbonyl (C=O) groups is 1. The largest absolute Gasteiger partial charge is 0.483 e. The highest BCUT2D eigenvalue weighted by Crippen LogP contribution is 2.23. The number of carbonyl (C=O) groups excluding carboxylic acids is 1. The fraction of sp³-hybridized carbons (Fsp3) is 0.562. The quantitative estimate of drug-likeness (QED) is 0.805. The Bertz CT molecular complexity index is 442. The Morgan fingerprint density at radius 1 is 1.20 bits per heavy atom. The molecule has 1 aromatic rings. The Morgan fingerprint density at radius 2 is 1.90 bits per heavy atom. The second-order valence-corrected chi connectivity index (χ2v) is 5.61. The monoisotopic (exact) mass is 278 g/mol. The average Bonchev–Trinajstić information content (AvgIpc) is 2.34. The molecule has 20 heavy (non-hydrogen) atoms. The predicted molar refractivity (Wildman–Crippen MR) is 81.9 cm³/mol. The smallest absolute Gasteiger partial charge is 0.258 e. The van der Waals surface area contributed by atoms with E-state index in [2.05, 4.69) is 24.5 Å². The molecule has 1 amide bonds. The number of rotatable bonds is 7. The van der Waals surface area contributed by atoms with E-state index in [1.165, 1.54) is 0 Å². The molecule has 0 radical (unpaired) electrons. The first-order valence-electron chi connectivity index (χ1n) is 7.14. The molecule has 0 aromatic heterocycles. The highest BCUT2D eigenvalue weighted by Gasteiger charge is 2.10. The molecule has 1 aromatic carbocycles. The highest BCUT2D eigenvalue weighted by atomic mass is 16.5.